The molecule has 2 rings (SSSR count). The zero-order valence-electron chi connectivity index (χ0n) is 13.5. The Morgan fingerprint density at radius 1 is 1.30 bits per heavy atom. The van der Waals surface area contributed by atoms with Crippen molar-refractivity contribution in [1.29, 1.82) is 0 Å². The number of carbonyl (C=O) groups excluding carboxylic acids is 1. The molecule has 1 aromatic rings. The van der Waals surface area contributed by atoms with E-state index in [9.17, 15) is 17.6 Å². The first-order valence-corrected chi connectivity index (χ1v) is 9.24. The summed E-state index contributed by atoms with van der Waals surface area (Å²) in [5, 5.41) is 0. The van der Waals surface area contributed by atoms with E-state index in [-0.39, 0.29) is 35.3 Å². The standard InChI is InChI=1S/C16H21FO5S/c1-16(2,3)22-15(18)12-4-5-13(17)14(8-12)21-7-6-11-9-23(19,20)10-11/h4-5,8,11H,6-7,9-10H2,1-3H3. The van der Waals surface area contributed by atoms with E-state index >= 15 is 0 Å². The molecule has 0 N–H and O–H groups in total. The number of benzene rings is 1. The Labute approximate surface area is 135 Å². The van der Waals surface area contributed by atoms with Crippen molar-refractivity contribution in [2.75, 3.05) is 18.1 Å². The lowest BCUT2D eigenvalue weighted by atomic mass is 10.1. The SMILES string of the molecule is CC(C)(C)OC(=O)c1ccc(F)c(OCCC2CS(=O)(=O)C2)c1. The van der Waals surface area contributed by atoms with E-state index in [1.165, 1.54) is 12.1 Å². The lowest BCUT2D eigenvalue weighted by molar-refractivity contribution is 0.00689. The smallest absolute Gasteiger partial charge is 0.338 e. The highest BCUT2D eigenvalue weighted by atomic mass is 32.2. The molecule has 0 aliphatic carbocycles. The average molecular weight is 344 g/mol. The van der Waals surface area contributed by atoms with Crippen LogP contribution >= 0.6 is 0 Å². The van der Waals surface area contributed by atoms with E-state index in [0.29, 0.717) is 6.42 Å². The van der Waals surface area contributed by atoms with Gasteiger partial charge in [0.05, 0.1) is 23.7 Å². The summed E-state index contributed by atoms with van der Waals surface area (Å²) in [5.41, 5.74) is -0.426. The minimum absolute atomic E-state index is 0.0319. The quantitative estimate of drug-likeness (QED) is 0.768. The first-order valence-electron chi connectivity index (χ1n) is 7.42. The Morgan fingerprint density at radius 3 is 2.52 bits per heavy atom. The number of hydrogen-bond donors (Lipinski definition) is 0. The summed E-state index contributed by atoms with van der Waals surface area (Å²) in [6.07, 6.45) is 0.537. The molecule has 7 heteroatoms. The lowest BCUT2D eigenvalue weighted by Gasteiger charge is -2.25. The number of ether oxygens (including phenoxy) is 2. The van der Waals surface area contributed by atoms with Gasteiger partial charge in [-0.2, -0.15) is 0 Å². The number of sulfone groups is 1. The lowest BCUT2D eigenvalue weighted by Crippen LogP contribution is -2.37. The van der Waals surface area contributed by atoms with E-state index in [1.807, 2.05) is 0 Å². The first kappa shape index (κ1) is 17.7. The summed E-state index contributed by atoms with van der Waals surface area (Å²) in [6.45, 7) is 5.45. The Balaban J connectivity index is 1.93. The molecule has 0 aromatic heterocycles. The van der Waals surface area contributed by atoms with Crippen LogP contribution in [0.15, 0.2) is 18.2 Å². The van der Waals surface area contributed by atoms with Crippen LogP contribution in [0.3, 0.4) is 0 Å². The van der Waals surface area contributed by atoms with Crippen molar-refractivity contribution < 1.29 is 27.1 Å². The number of halogens is 1. The molecule has 0 radical (unpaired) electrons. The molecule has 0 unspecified atom stereocenters. The van der Waals surface area contributed by atoms with Gasteiger partial charge in [-0.1, -0.05) is 0 Å². The molecule has 23 heavy (non-hydrogen) atoms. The van der Waals surface area contributed by atoms with Crippen LogP contribution in [0.1, 0.15) is 37.6 Å². The average Bonchev–Trinajstić information content (AvgIpc) is 2.36. The van der Waals surface area contributed by atoms with E-state index < -0.39 is 27.2 Å². The predicted molar refractivity (Wildman–Crippen MR) is 83.8 cm³/mol. The van der Waals surface area contributed by atoms with Crippen LogP contribution < -0.4 is 4.74 Å². The second-order valence-corrected chi connectivity index (χ2v) is 8.88. The number of rotatable bonds is 5. The molecular formula is C16H21FO5S. The van der Waals surface area contributed by atoms with Gasteiger partial charge in [0.2, 0.25) is 0 Å². The highest BCUT2D eigenvalue weighted by Crippen LogP contribution is 2.24. The summed E-state index contributed by atoms with van der Waals surface area (Å²) in [6, 6.07) is 3.80. The van der Waals surface area contributed by atoms with Crippen molar-refractivity contribution in [3.05, 3.63) is 29.6 Å². The van der Waals surface area contributed by atoms with Crippen molar-refractivity contribution >= 4 is 15.8 Å². The fourth-order valence-electron chi connectivity index (χ4n) is 2.25. The van der Waals surface area contributed by atoms with Gasteiger partial charge < -0.3 is 9.47 Å². The van der Waals surface area contributed by atoms with Gasteiger partial charge in [-0.05, 0) is 51.3 Å². The minimum Gasteiger partial charge on any atom is -0.490 e. The maximum atomic E-state index is 13.7. The monoisotopic (exact) mass is 344 g/mol. The van der Waals surface area contributed by atoms with Crippen LogP contribution in [-0.4, -0.2) is 38.1 Å². The van der Waals surface area contributed by atoms with Crippen molar-refractivity contribution in [3.63, 3.8) is 0 Å². The van der Waals surface area contributed by atoms with Crippen molar-refractivity contribution in [1.82, 2.24) is 0 Å². The van der Waals surface area contributed by atoms with Gasteiger partial charge in [0.25, 0.3) is 0 Å². The van der Waals surface area contributed by atoms with E-state index in [0.717, 1.165) is 6.07 Å². The molecular weight excluding hydrogens is 323 g/mol. The van der Waals surface area contributed by atoms with Gasteiger partial charge in [-0.15, -0.1) is 0 Å². The normalized spacial score (nSPS) is 17.4. The van der Waals surface area contributed by atoms with Crippen molar-refractivity contribution in [2.45, 2.75) is 32.8 Å². The number of esters is 1. The Hall–Kier alpha value is -1.63. The van der Waals surface area contributed by atoms with E-state index in [2.05, 4.69) is 0 Å². The summed E-state index contributed by atoms with van der Waals surface area (Å²) in [5.74, 6) is -0.758. The first-order chi connectivity index (χ1) is 10.6. The fourth-order valence-corrected chi connectivity index (χ4v) is 3.92. The van der Waals surface area contributed by atoms with Gasteiger partial charge in [0.15, 0.2) is 21.4 Å². The molecule has 1 aromatic carbocycles. The topological polar surface area (TPSA) is 69.7 Å². The van der Waals surface area contributed by atoms with Gasteiger partial charge in [-0.25, -0.2) is 17.6 Å². The molecule has 1 saturated heterocycles. The summed E-state index contributed by atoms with van der Waals surface area (Å²) in [4.78, 5) is 12.0. The zero-order valence-corrected chi connectivity index (χ0v) is 14.3. The minimum atomic E-state index is -2.86. The number of hydrogen-bond acceptors (Lipinski definition) is 5. The van der Waals surface area contributed by atoms with Crippen LogP contribution in [0.4, 0.5) is 4.39 Å². The predicted octanol–water partition coefficient (Wildman–Crippen LogP) is 2.59. The van der Waals surface area contributed by atoms with E-state index in [1.54, 1.807) is 20.8 Å². The molecule has 1 aliphatic heterocycles. The largest absolute Gasteiger partial charge is 0.490 e. The molecule has 0 spiro atoms. The molecule has 0 amide bonds. The second kappa shape index (κ2) is 6.47. The molecule has 1 heterocycles. The highest BCUT2D eigenvalue weighted by Gasteiger charge is 2.32. The maximum Gasteiger partial charge on any atom is 0.338 e. The van der Waals surface area contributed by atoms with Gasteiger partial charge in [0.1, 0.15) is 5.60 Å². The number of carbonyl (C=O) groups is 1. The van der Waals surface area contributed by atoms with Crippen LogP contribution in [0, 0.1) is 11.7 Å². The maximum absolute atomic E-state index is 13.7. The third kappa shape index (κ3) is 5.20. The van der Waals surface area contributed by atoms with Gasteiger partial charge in [0, 0.05) is 0 Å². The Kier molecular flexibility index (Phi) is 4.98. The summed E-state index contributed by atoms with van der Waals surface area (Å²) >= 11 is 0. The van der Waals surface area contributed by atoms with Gasteiger partial charge >= 0.3 is 5.97 Å². The van der Waals surface area contributed by atoms with Crippen molar-refractivity contribution in [2.24, 2.45) is 5.92 Å². The van der Waals surface area contributed by atoms with Crippen LogP contribution in [0.25, 0.3) is 0 Å². The Morgan fingerprint density at radius 2 is 1.96 bits per heavy atom. The molecule has 0 atom stereocenters. The molecule has 0 bridgehead atoms. The second-order valence-electron chi connectivity index (χ2n) is 6.73. The fraction of sp³-hybridized carbons (Fsp3) is 0.562. The third-order valence-electron chi connectivity index (χ3n) is 3.33. The molecule has 5 nitrogen and oxygen atoms in total. The third-order valence-corrected chi connectivity index (χ3v) is 5.29. The van der Waals surface area contributed by atoms with Crippen molar-refractivity contribution in [3.8, 4) is 5.75 Å². The zero-order chi connectivity index (χ0) is 17.3. The summed E-state index contributed by atoms with van der Waals surface area (Å²) in [7, 11) is -2.86. The highest BCUT2D eigenvalue weighted by molar-refractivity contribution is 7.92. The van der Waals surface area contributed by atoms with E-state index in [4.69, 9.17) is 9.47 Å². The molecule has 1 aliphatic rings. The molecule has 0 saturated carbocycles. The Bertz CT molecular complexity index is 679. The van der Waals surface area contributed by atoms with Crippen LogP contribution in [0.2, 0.25) is 0 Å². The van der Waals surface area contributed by atoms with Gasteiger partial charge in [-0.3, -0.25) is 0 Å². The molecule has 1 fully saturated rings. The van der Waals surface area contributed by atoms with Crippen LogP contribution in [0.5, 0.6) is 5.75 Å². The van der Waals surface area contributed by atoms with Crippen LogP contribution in [-0.2, 0) is 14.6 Å². The summed E-state index contributed by atoms with van der Waals surface area (Å²) < 4.78 is 46.5. The molecule has 128 valence electrons.